The van der Waals surface area contributed by atoms with Gasteiger partial charge in [-0.1, -0.05) is 19.9 Å². The summed E-state index contributed by atoms with van der Waals surface area (Å²) in [6.07, 6.45) is 10.8. The van der Waals surface area contributed by atoms with E-state index in [4.69, 9.17) is 14.5 Å². The molecular formula is C33H45N5O6S. The molecule has 3 heterocycles. The summed E-state index contributed by atoms with van der Waals surface area (Å²) in [5.41, 5.74) is 0.928. The fraction of sp³-hybridized carbons (Fsp3) is 0.576. The molecule has 12 heteroatoms. The zero-order valence-electron chi connectivity index (χ0n) is 26.5. The number of esters is 1. The molecule has 1 N–H and O–H groups in total. The molecule has 2 aromatic heterocycles. The average Bonchev–Trinajstić information content (AvgIpc) is 3.48. The van der Waals surface area contributed by atoms with Crippen molar-refractivity contribution in [1.82, 2.24) is 19.4 Å². The van der Waals surface area contributed by atoms with Crippen molar-refractivity contribution in [2.45, 2.75) is 77.4 Å². The second kappa shape index (κ2) is 14.6. The summed E-state index contributed by atoms with van der Waals surface area (Å²) in [5.74, 6) is 2.08. The third kappa shape index (κ3) is 8.53. The first-order chi connectivity index (χ1) is 21.6. The Labute approximate surface area is 265 Å². The third-order valence-electron chi connectivity index (χ3n) is 8.96. The van der Waals surface area contributed by atoms with Gasteiger partial charge >= 0.3 is 5.97 Å². The van der Waals surface area contributed by atoms with Crippen molar-refractivity contribution in [3.05, 3.63) is 42.7 Å². The maximum absolute atomic E-state index is 13.3. The Kier molecular flexibility index (Phi) is 10.6. The van der Waals surface area contributed by atoms with Crippen LogP contribution in [0.3, 0.4) is 0 Å². The van der Waals surface area contributed by atoms with Gasteiger partial charge < -0.3 is 24.3 Å². The number of rotatable bonds is 12. The summed E-state index contributed by atoms with van der Waals surface area (Å²) >= 11 is 0. The van der Waals surface area contributed by atoms with Crippen LogP contribution >= 0.6 is 0 Å². The number of anilines is 1. The topological polar surface area (TPSA) is 133 Å². The van der Waals surface area contributed by atoms with E-state index in [1.54, 1.807) is 6.20 Å². The number of sulfone groups is 1. The first-order valence-corrected chi connectivity index (χ1v) is 18.2. The summed E-state index contributed by atoms with van der Waals surface area (Å²) in [7, 11) is -3.02. The number of hydrogen-bond acceptors (Lipinski definition) is 9. The molecule has 2 aliphatic rings. The van der Waals surface area contributed by atoms with Gasteiger partial charge in [0.2, 0.25) is 11.9 Å². The molecule has 11 nitrogen and oxygen atoms in total. The van der Waals surface area contributed by atoms with E-state index < -0.39 is 9.84 Å². The molecule has 0 unspecified atom stereocenters. The lowest BCUT2D eigenvalue weighted by Gasteiger charge is -2.36. The molecular weight excluding hydrogens is 594 g/mol. The highest BCUT2D eigenvalue weighted by atomic mass is 32.2. The number of likely N-dealkylation sites (tertiary alicyclic amines) is 1. The van der Waals surface area contributed by atoms with Gasteiger partial charge in [0, 0.05) is 61.9 Å². The third-order valence-corrected chi connectivity index (χ3v) is 9.99. The Bertz CT molecular complexity index is 1580. The van der Waals surface area contributed by atoms with Gasteiger partial charge in [0.05, 0.1) is 23.8 Å². The van der Waals surface area contributed by atoms with E-state index in [9.17, 15) is 18.0 Å². The highest BCUT2D eigenvalue weighted by Gasteiger charge is 2.33. The monoisotopic (exact) mass is 639 g/mol. The van der Waals surface area contributed by atoms with E-state index in [1.807, 2.05) is 59.8 Å². The maximum Gasteiger partial charge on any atom is 0.308 e. The van der Waals surface area contributed by atoms with Crippen molar-refractivity contribution in [2.24, 2.45) is 11.8 Å². The molecule has 2 fully saturated rings. The van der Waals surface area contributed by atoms with Crippen molar-refractivity contribution < 1.29 is 27.5 Å². The van der Waals surface area contributed by atoms with E-state index in [2.05, 4.69) is 10.3 Å². The highest BCUT2D eigenvalue weighted by molar-refractivity contribution is 7.90. The smallest absolute Gasteiger partial charge is 0.308 e. The molecule has 0 spiro atoms. The van der Waals surface area contributed by atoms with Gasteiger partial charge in [-0.2, -0.15) is 4.98 Å². The van der Waals surface area contributed by atoms with Crippen molar-refractivity contribution in [3.63, 3.8) is 0 Å². The second-order valence-electron chi connectivity index (χ2n) is 12.4. The summed E-state index contributed by atoms with van der Waals surface area (Å²) in [6, 6.07) is 9.80. The summed E-state index contributed by atoms with van der Waals surface area (Å²) < 4.78 is 36.4. The molecule has 0 radical (unpaired) electrons. The Morgan fingerprint density at radius 1 is 1.07 bits per heavy atom. The van der Waals surface area contributed by atoms with Crippen LogP contribution in [0.5, 0.6) is 5.75 Å². The largest absolute Gasteiger partial charge is 0.493 e. The SMILES string of the molecule is CC[C@@H](C)C(=O)OC1CCN(C(=O)C2CCC(Nc3nccc(-n4ccc5c(OCCCS(C)(=O)=O)cccc54)n3)CC2)CC1. The highest BCUT2D eigenvalue weighted by Crippen LogP contribution is 2.31. The van der Waals surface area contributed by atoms with E-state index in [-0.39, 0.29) is 41.6 Å². The fourth-order valence-electron chi connectivity index (χ4n) is 6.09. The van der Waals surface area contributed by atoms with Crippen molar-refractivity contribution in [1.29, 1.82) is 0 Å². The summed E-state index contributed by atoms with van der Waals surface area (Å²) in [6.45, 7) is 5.47. The van der Waals surface area contributed by atoms with Crippen LogP contribution in [0.15, 0.2) is 42.7 Å². The minimum atomic E-state index is -3.02. The number of carbonyl (C=O) groups excluding carboxylic acids is 2. The van der Waals surface area contributed by atoms with Gasteiger partial charge in [-0.05, 0) is 62.8 Å². The van der Waals surface area contributed by atoms with E-state index >= 15 is 0 Å². The molecule has 1 saturated carbocycles. The Hall–Kier alpha value is -3.67. The summed E-state index contributed by atoms with van der Waals surface area (Å²) in [4.78, 5) is 36.6. The number of fused-ring (bicyclic) bond motifs is 1. The minimum absolute atomic E-state index is 0.0172. The van der Waals surface area contributed by atoms with Crippen molar-refractivity contribution >= 4 is 38.6 Å². The number of benzene rings is 1. The second-order valence-corrected chi connectivity index (χ2v) is 14.7. The van der Waals surface area contributed by atoms with Crippen LogP contribution in [0, 0.1) is 11.8 Å². The van der Waals surface area contributed by atoms with Crippen LogP contribution in [0.25, 0.3) is 16.7 Å². The normalized spacial score (nSPS) is 20.1. The fourth-order valence-corrected chi connectivity index (χ4v) is 6.73. The lowest BCUT2D eigenvalue weighted by atomic mass is 9.85. The van der Waals surface area contributed by atoms with E-state index in [1.165, 1.54) is 6.26 Å². The predicted octanol–water partition coefficient (Wildman–Crippen LogP) is 4.79. The zero-order valence-corrected chi connectivity index (χ0v) is 27.3. The van der Waals surface area contributed by atoms with Crippen LogP contribution < -0.4 is 10.1 Å². The van der Waals surface area contributed by atoms with Gasteiger partial charge in [0.1, 0.15) is 27.5 Å². The zero-order chi connectivity index (χ0) is 32.0. The van der Waals surface area contributed by atoms with Gasteiger partial charge in [0.25, 0.3) is 0 Å². The van der Waals surface area contributed by atoms with Gasteiger partial charge in [0.15, 0.2) is 0 Å². The predicted molar refractivity (Wildman–Crippen MR) is 173 cm³/mol. The van der Waals surface area contributed by atoms with Crippen LogP contribution in [0.1, 0.15) is 65.2 Å². The first-order valence-electron chi connectivity index (χ1n) is 16.1. The number of carbonyl (C=O) groups is 2. The molecule has 1 atom stereocenters. The number of aromatic nitrogens is 3. The Morgan fingerprint density at radius 2 is 1.82 bits per heavy atom. The van der Waals surface area contributed by atoms with Crippen LogP contribution in [-0.4, -0.2) is 83.6 Å². The molecule has 1 aliphatic heterocycles. The number of nitrogens with zero attached hydrogens (tertiary/aromatic N) is 4. The molecule has 1 saturated heterocycles. The van der Waals surface area contributed by atoms with Crippen LogP contribution in [-0.2, 0) is 24.2 Å². The molecule has 3 aromatic rings. The standard InChI is InChI=1S/C33H45N5O6S/c1-4-23(2)32(40)44-26-14-18-37(19-15-26)31(39)24-9-11-25(12-10-24)35-33-34-17-13-30(36-33)38-20-16-27-28(38)7-5-8-29(27)43-21-6-22-45(3,41)42/h5,7-8,13,16-17,20,23-26H,4,6,9-12,14-15,18-19,21-22H2,1-3H3,(H,34,35,36)/t23-,24?,25?/m1/s1. The molecule has 45 heavy (non-hydrogen) atoms. The number of amides is 1. The molecule has 1 aliphatic carbocycles. The Balaban J connectivity index is 1.12. The lowest BCUT2D eigenvalue weighted by Crippen LogP contribution is -2.45. The Morgan fingerprint density at radius 3 is 2.53 bits per heavy atom. The van der Waals surface area contributed by atoms with Crippen molar-refractivity contribution in [2.75, 3.05) is 37.0 Å². The maximum atomic E-state index is 13.3. The van der Waals surface area contributed by atoms with Gasteiger partial charge in [-0.15, -0.1) is 0 Å². The van der Waals surface area contributed by atoms with E-state index in [0.717, 1.165) is 48.8 Å². The molecule has 0 bridgehead atoms. The quantitative estimate of drug-likeness (QED) is 0.220. The van der Waals surface area contributed by atoms with Gasteiger partial charge in [-0.3, -0.25) is 9.59 Å². The minimum Gasteiger partial charge on any atom is -0.493 e. The molecule has 5 rings (SSSR count). The lowest BCUT2D eigenvalue weighted by molar-refractivity contribution is -0.156. The molecule has 1 aromatic carbocycles. The van der Waals surface area contributed by atoms with E-state index in [0.29, 0.717) is 50.7 Å². The first kappa shape index (κ1) is 32.7. The number of hydrogen-bond donors (Lipinski definition) is 1. The average molecular weight is 640 g/mol. The molecule has 244 valence electrons. The number of nitrogens with one attached hydrogen (secondary N) is 1. The molecule has 1 amide bonds. The van der Waals surface area contributed by atoms with Gasteiger partial charge in [-0.25, -0.2) is 13.4 Å². The number of ether oxygens (including phenoxy) is 2. The van der Waals surface area contributed by atoms with Crippen molar-refractivity contribution in [3.8, 4) is 11.6 Å². The van der Waals surface area contributed by atoms with Crippen LogP contribution in [0.2, 0.25) is 0 Å². The van der Waals surface area contributed by atoms with Crippen LogP contribution in [0.4, 0.5) is 5.95 Å². The summed E-state index contributed by atoms with van der Waals surface area (Å²) in [5, 5.41) is 4.40. The number of piperidine rings is 1.